The van der Waals surface area contributed by atoms with E-state index in [2.05, 4.69) is 4.84 Å². The molecule has 2 N–H and O–H groups in total. The van der Waals surface area contributed by atoms with Crippen LogP contribution in [0.2, 0.25) is 0 Å². The Kier molecular flexibility index (Phi) is 3.13. The van der Waals surface area contributed by atoms with Crippen molar-refractivity contribution >= 4 is 0 Å². The third-order valence-corrected chi connectivity index (χ3v) is 1.91. The van der Waals surface area contributed by atoms with Crippen molar-refractivity contribution in [1.82, 2.24) is 0 Å². The summed E-state index contributed by atoms with van der Waals surface area (Å²) in [5.41, 5.74) is -0.0639. The topological polar surface area (TPSA) is 35.2 Å². The standard InChI is InChI=1S/C9H10F3NO/c1-6(14-13)7-2-4-8(5-3-7)9(10,11)12/h2-6H,13H2,1H3. The van der Waals surface area contributed by atoms with E-state index < -0.39 is 17.8 Å². The molecule has 0 aliphatic rings. The van der Waals surface area contributed by atoms with Crippen molar-refractivity contribution in [2.45, 2.75) is 19.2 Å². The molecule has 0 heterocycles. The van der Waals surface area contributed by atoms with Crippen molar-refractivity contribution in [3.63, 3.8) is 0 Å². The maximum Gasteiger partial charge on any atom is 0.416 e. The van der Waals surface area contributed by atoms with Crippen molar-refractivity contribution in [1.29, 1.82) is 0 Å². The highest BCUT2D eigenvalue weighted by Crippen LogP contribution is 2.30. The molecule has 1 atom stereocenters. The molecule has 78 valence electrons. The first-order valence-corrected chi connectivity index (χ1v) is 3.98. The minimum absolute atomic E-state index is 0.405. The van der Waals surface area contributed by atoms with Crippen LogP contribution in [0.3, 0.4) is 0 Å². The zero-order valence-electron chi connectivity index (χ0n) is 7.51. The number of alkyl halides is 3. The van der Waals surface area contributed by atoms with E-state index in [0.717, 1.165) is 12.1 Å². The maximum absolute atomic E-state index is 12.1. The Morgan fingerprint density at radius 1 is 1.21 bits per heavy atom. The molecular weight excluding hydrogens is 195 g/mol. The molecule has 14 heavy (non-hydrogen) atoms. The van der Waals surface area contributed by atoms with Gasteiger partial charge < -0.3 is 0 Å². The van der Waals surface area contributed by atoms with Gasteiger partial charge in [-0.3, -0.25) is 4.84 Å². The van der Waals surface area contributed by atoms with Crippen molar-refractivity contribution in [2.24, 2.45) is 5.90 Å². The van der Waals surface area contributed by atoms with Gasteiger partial charge in [0.1, 0.15) is 6.10 Å². The van der Waals surface area contributed by atoms with Crippen LogP contribution in [-0.4, -0.2) is 0 Å². The van der Waals surface area contributed by atoms with E-state index in [0.29, 0.717) is 5.56 Å². The third-order valence-electron chi connectivity index (χ3n) is 1.91. The number of nitrogens with two attached hydrogens (primary N) is 1. The lowest BCUT2D eigenvalue weighted by molar-refractivity contribution is -0.137. The molecule has 0 aliphatic carbocycles. The van der Waals surface area contributed by atoms with Crippen LogP contribution < -0.4 is 5.90 Å². The molecule has 1 unspecified atom stereocenters. The highest BCUT2D eigenvalue weighted by atomic mass is 19.4. The molecule has 0 fully saturated rings. The molecular formula is C9H10F3NO. The van der Waals surface area contributed by atoms with E-state index in [1.165, 1.54) is 12.1 Å². The minimum atomic E-state index is -4.30. The summed E-state index contributed by atoms with van der Waals surface area (Å²) in [4.78, 5) is 4.48. The first-order valence-electron chi connectivity index (χ1n) is 3.98. The molecule has 0 amide bonds. The van der Waals surface area contributed by atoms with Crippen molar-refractivity contribution in [3.05, 3.63) is 35.4 Å². The largest absolute Gasteiger partial charge is 0.416 e. The fourth-order valence-corrected chi connectivity index (χ4v) is 1.02. The molecule has 0 aromatic heterocycles. The first kappa shape index (κ1) is 11.0. The van der Waals surface area contributed by atoms with Crippen LogP contribution >= 0.6 is 0 Å². The molecule has 0 bridgehead atoms. The zero-order valence-corrected chi connectivity index (χ0v) is 7.51. The lowest BCUT2D eigenvalue weighted by Crippen LogP contribution is -2.07. The molecule has 2 nitrogen and oxygen atoms in total. The van der Waals surface area contributed by atoms with Gasteiger partial charge in [0, 0.05) is 0 Å². The van der Waals surface area contributed by atoms with E-state index in [1.54, 1.807) is 6.92 Å². The van der Waals surface area contributed by atoms with Gasteiger partial charge in [0.05, 0.1) is 5.56 Å². The molecule has 1 rings (SSSR count). The van der Waals surface area contributed by atoms with E-state index in [-0.39, 0.29) is 0 Å². The minimum Gasteiger partial charge on any atom is -0.297 e. The normalized spacial score (nSPS) is 14.1. The summed E-state index contributed by atoms with van der Waals surface area (Å²) >= 11 is 0. The van der Waals surface area contributed by atoms with Crippen molar-refractivity contribution in [3.8, 4) is 0 Å². The lowest BCUT2D eigenvalue weighted by atomic mass is 10.1. The summed E-state index contributed by atoms with van der Waals surface area (Å²) in [5.74, 6) is 4.91. The molecule has 0 saturated heterocycles. The van der Waals surface area contributed by atoms with Gasteiger partial charge in [-0.05, 0) is 24.6 Å². The Morgan fingerprint density at radius 3 is 2.07 bits per heavy atom. The summed E-state index contributed by atoms with van der Waals surface area (Å²) in [6.07, 6.45) is -4.71. The monoisotopic (exact) mass is 205 g/mol. The average molecular weight is 205 g/mol. The number of hydrogen-bond donors (Lipinski definition) is 1. The molecule has 0 spiro atoms. The van der Waals surface area contributed by atoms with E-state index in [4.69, 9.17) is 5.90 Å². The van der Waals surface area contributed by atoms with Crippen LogP contribution in [0.25, 0.3) is 0 Å². The zero-order chi connectivity index (χ0) is 10.8. The van der Waals surface area contributed by atoms with Crippen molar-refractivity contribution in [2.75, 3.05) is 0 Å². The molecule has 1 aromatic carbocycles. The van der Waals surface area contributed by atoms with Gasteiger partial charge in [-0.25, -0.2) is 5.90 Å². The number of halogens is 3. The van der Waals surface area contributed by atoms with Crippen LogP contribution in [0.1, 0.15) is 24.2 Å². The summed E-state index contributed by atoms with van der Waals surface area (Å²) in [6, 6.07) is 4.70. The first-order chi connectivity index (χ1) is 6.45. The second-order valence-electron chi connectivity index (χ2n) is 2.90. The van der Waals surface area contributed by atoms with Gasteiger partial charge in [0.2, 0.25) is 0 Å². The smallest absolute Gasteiger partial charge is 0.297 e. The van der Waals surface area contributed by atoms with E-state index in [1.807, 2.05) is 0 Å². The Labute approximate surface area is 79.4 Å². The number of hydrogen-bond acceptors (Lipinski definition) is 2. The van der Waals surface area contributed by atoms with Gasteiger partial charge >= 0.3 is 6.18 Å². The van der Waals surface area contributed by atoms with Crippen LogP contribution in [0.15, 0.2) is 24.3 Å². The van der Waals surface area contributed by atoms with Crippen LogP contribution in [-0.2, 0) is 11.0 Å². The van der Waals surface area contributed by atoms with Gasteiger partial charge in [0.25, 0.3) is 0 Å². The summed E-state index contributed by atoms with van der Waals surface area (Å²) < 4.78 is 36.4. The quantitative estimate of drug-likeness (QED) is 0.753. The number of rotatable bonds is 2. The third kappa shape index (κ3) is 2.46. The summed E-state index contributed by atoms with van der Waals surface area (Å²) in [6.45, 7) is 1.66. The summed E-state index contributed by atoms with van der Waals surface area (Å²) in [7, 11) is 0. The van der Waals surface area contributed by atoms with Gasteiger partial charge in [-0.15, -0.1) is 0 Å². The molecule has 5 heteroatoms. The lowest BCUT2D eigenvalue weighted by Gasteiger charge is -2.10. The van der Waals surface area contributed by atoms with E-state index in [9.17, 15) is 13.2 Å². The SMILES string of the molecule is CC(ON)c1ccc(C(F)(F)F)cc1. The molecule has 0 aliphatic heterocycles. The van der Waals surface area contributed by atoms with Crippen LogP contribution in [0.5, 0.6) is 0 Å². The Balaban J connectivity index is 2.89. The number of benzene rings is 1. The molecule has 1 aromatic rings. The molecule has 0 radical (unpaired) electrons. The second kappa shape index (κ2) is 3.98. The Morgan fingerprint density at radius 2 is 1.71 bits per heavy atom. The van der Waals surface area contributed by atoms with E-state index >= 15 is 0 Å². The fourth-order valence-electron chi connectivity index (χ4n) is 1.02. The average Bonchev–Trinajstić information content (AvgIpc) is 2.15. The van der Waals surface area contributed by atoms with Gasteiger partial charge in [-0.2, -0.15) is 13.2 Å². The Bertz CT molecular complexity index is 294. The Hall–Kier alpha value is -1.07. The maximum atomic E-state index is 12.1. The highest BCUT2D eigenvalue weighted by Gasteiger charge is 2.30. The predicted octanol–water partition coefficient (Wildman–Crippen LogP) is 2.66. The predicted molar refractivity (Wildman–Crippen MR) is 45.1 cm³/mol. The van der Waals surface area contributed by atoms with Crippen LogP contribution in [0.4, 0.5) is 13.2 Å². The van der Waals surface area contributed by atoms with Crippen molar-refractivity contribution < 1.29 is 18.0 Å². The fraction of sp³-hybridized carbons (Fsp3) is 0.333. The van der Waals surface area contributed by atoms with Crippen LogP contribution in [0, 0.1) is 0 Å². The van der Waals surface area contributed by atoms with Gasteiger partial charge in [0.15, 0.2) is 0 Å². The molecule has 0 saturated carbocycles. The highest BCUT2D eigenvalue weighted by molar-refractivity contribution is 5.25. The second-order valence-corrected chi connectivity index (χ2v) is 2.90. The van der Waals surface area contributed by atoms with Gasteiger partial charge in [-0.1, -0.05) is 12.1 Å². The summed E-state index contributed by atoms with van der Waals surface area (Å²) in [5, 5.41) is 0.